The number of nitrogens with one attached hydrogen (secondary N) is 1. The molecule has 0 aliphatic carbocycles. The number of hydrogen-bond donors (Lipinski definition) is 3. The summed E-state index contributed by atoms with van der Waals surface area (Å²) < 4.78 is 5.12. The summed E-state index contributed by atoms with van der Waals surface area (Å²) in [6.45, 7) is 0.428. The lowest BCUT2D eigenvalue weighted by molar-refractivity contribution is -0.383. The first-order chi connectivity index (χ1) is 13.0. The third-order valence-electron chi connectivity index (χ3n) is 3.98. The molecule has 9 heteroatoms. The minimum Gasteiger partial charge on any atom is -0.497 e. The molecule has 3 aromatic rings. The van der Waals surface area contributed by atoms with Gasteiger partial charge in [0.05, 0.1) is 12.0 Å². The van der Waals surface area contributed by atoms with E-state index in [0.29, 0.717) is 23.4 Å². The number of nitrogen functional groups attached to an aromatic ring is 2. The summed E-state index contributed by atoms with van der Waals surface area (Å²) >= 11 is 0. The molecule has 0 aliphatic heterocycles. The van der Waals surface area contributed by atoms with E-state index in [1.165, 1.54) is 12.3 Å². The molecule has 0 saturated heterocycles. The summed E-state index contributed by atoms with van der Waals surface area (Å²) in [5, 5.41) is 14.6. The highest BCUT2D eigenvalue weighted by Crippen LogP contribution is 2.32. The third kappa shape index (κ3) is 4.03. The normalized spacial score (nSPS) is 10.4. The summed E-state index contributed by atoms with van der Waals surface area (Å²) in [5.41, 5.74) is 13.6. The van der Waals surface area contributed by atoms with Crippen LogP contribution in [0, 0.1) is 10.1 Å². The maximum absolute atomic E-state index is 11.5. The highest BCUT2D eigenvalue weighted by atomic mass is 16.6. The molecule has 9 nitrogen and oxygen atoms in total. The van der Waals surface area contributed by atoms with Crippen LogP contribution >= 0.6 is 0 Å². The van der Waals surface area contributed by atoms with Gasteiger partial charge in [-0.05, 0) is 29.3 Å². The molecule has 0 bridgehead atoms. The van der Waals surface area contributed by atoms with Gasteiger partial charge in [-0.1, -0.05) is 18.2 Å². The molecule has 0 fully saturated rings. The zero-order chi connectivity index (χ0) is 19.4. The first-order valence-electron chi connectivity index (χ1n) is 8.01. The van der Waals surface area contributed by atoms with Gasteiger partial charge < -0.3 is 21.5 Å². The van der Waals surface area contributed by atoms with Crippen LogP contribution in [-0.2, 0) is 6.54 Å². The van der Waals surface area contributed by atoms with Crippen LogP contribution in [0.1, 0.15) is 5.56 Å². The minimum atomic E-state index is -0.450. The van der Waals surface area contributed by atoms with Crippen molar-refractivity contribution >= 4 is 23.1 Å². The molecule has 27 heavy (non-hydrogen) atoms. The Labute approximate surface area is 155 Å². The average molecular weight is 366 g/mol. The van der Waals surface area contributed by atoms with E-state index in [-0.39, 0.29) is 17.5 Å². The summed E-state index contributed by atoms with van der Waals surface area (Å²) in [5.74, 6) is 0.955. The van der Waals surface area contributed by atoms with Crippen LogP contribution in [-0.4, -0.2) is 22.0 Å². The van der Waals surface area contributed by atoms with E-state index in [1.54, 1.807) is 19.2 Å². The number of benzene rings is 2. The smallest absolute Gasteiger partial charge is 0.292 e. The van der Waals surface area contributed by atoms with Crippen LogP contribution in [0.15, 0.2) is 48.7 Å². The van der Waals surface area contributed by atoms with Crippen molar-refractivity contribution < 1.29 is 9.66 Å². The van der Waals surface area contributed by atoms with Gasteiger partial charge in [-0.15, -0.1) is 0 Å². The summed E-state index contributed by atoms with van der Waals surface area (Å²) in [6.07, 6.45) is 1.45. The SMILES string of the molecule is COc1ccc(CNc2ccc(-c3cnc(N)nc3N)cc2[N+](=O)[O-])cc1. The van der Waals surface area contributed by atoms with Crippen LogP contribution < -0.4 is 21.5 Å². The number of nitrogens with two attached hydrogens (primary N) is 2. The Hall–Kier alpha value is -3.88. The molecule has 0 amide bonds. The van der Waals surface area contributed by atoms with E-state index in [1.807, 2.05) is 24.3 Å². The predicted molar refractivity (Wildman–Crippen MR) is 103 cm³/mol. The first kappa shape index (κ1) is 17.9. The summed E-state index contributed by atoms with van der Waals surface area (Å²) in [4.78, 5) is 18.8. The van der Waals surface area contributed by atoms with Crippen molar-refractivity contribution in [3.05, 3.63) is 64.3 Å². The van der Waals surface area contributed by atoms with Crippen molar-refractivity contribution in [2.75, 3.05) is 23.9 Å². The topological polar surface area (TPSA) is 142 Å². The molecule has 138 valence electrons. The van der Waals surface area contributed by atoms with Crippen molar-refractivity contribution in [2.24, 2.45) is 0 Å². The molecule has 2 aromatic carbocycles. The molecule has 0 saturated carbocycles. The second-order valence-corrected chi connectivity index (χ2v) is 5.72. The summed E-state index contributed by atoms with van der Waals surface area (Å²) in [6, 6.07) is 12.2. The van der Waals surface area contributed by atoms with Gasteiger partial charge in [0.25, 0.3) is 5.69 Å². The van der Waals surface area contributed by atoms with Gasteiger partial charge in [-0.2, -0.15) is 4.98 Å². The van der Waals surface area contributed by atoms with Crippen molar-refractivity contribution in [1.82, 2.24) is 9.97 Å². The Bertz CT molecular complexity index is 975. The van der Waals surface area contributed by atoms with Gasteiger partial charge in [0.1, 0.15) is 17.3 Å². The van der Waals surface area contributed by atoms with Gasteiger partial charge in [-0.3, -0.25) is 10.1 Å². The Morgan fingerprint density at radius 1 is 1.19 bits per heavy atom. The quantitative estimate of drug-likeness (QED) is 0.446. The van der Waals surface area contributed by atoms with Crippen molar-refractivity contribution in [3.8, 4) is 16.9 Å². The van der Waals surface area contributed by atoms with Gasteiger partial charge in [0.15, 0.2) is 0 Å². The Kier molecular flexibility index (Phi) is 5.02. The van der Waals surface area contributed by atoms with Crippen LogP contribution in [0.5, 0.6) is 5.75 Å². The highest BCUT2D eigenvalue weighted by Gasteiger charge is 2.17. The first-order valence-corrected chi connectivity index (χ1v) is 8.01. The highest BCUT2D eigenvalue weighted by molar-refractivity contribution is 5.78. The molecule has 3 rings (SSSR count). The van der Waals surface area contributed by atoms with E-state index in [2.05, 4.69) is 15.3 Å². The second-order valence-electron chi connectivity index (χ2n) is 5.72. The number of methoxy groups -OCH3 is 1. The molecule has 1 heterocycles. The second kappa shape index (κ2) is 7.56. The van der Waals surface area contributed by atoms with Crippen LogP contribution in [0.25, 0.3) is 11.1 Å². The Morgan fingerprint density at radius 2 is 1.93 bits per heavy atom. The largest absolute Gasteiger partial charge is 0.497 e. The Morgan fingerprint density at radius 3 is 2.56 bits per heavy atom. The third-order valence-corrected chi connectivity index (χ3v) is 3.98. The Balaban J connectivity index is 1.86. The fourth-order valence-corrected chi connectivity index (χ4v) is 2.57. The molecule has 0 atom stereocenters. The predicted octanol–water partition coefficient (Wildman–Crippen LogP) is 2.84. The van der Waals surface area contributed by atoms with Gasteiger partial charge in [0.2, 0.25) is 5.95 Å². The number of aromatic nitrogens is 2. The van der Waals surface area contributed by atoms with Crippen LogP contribution in [0.4, 0.5) is 23.1 Å². The number of rotatable bonds is 6. The van der Waals surface area contributed by atoms with E-state index in [4.69, 9.17) is 16.2 Å². The molecule has 1 aromatic heterocycles. The average Bonchev–Trinajstić information content (AvgIpc) is 2.66. The standard InChI is InChI=1S/C18H18N6O3/c1-27-13-5-2-11(3-6-13)9-21-15-7-4-12(8-16(15)24(25)26)14-10-22-18(20)23-17(14)19/h2-8,10,21H,9H2,1H3,(H4,19,20,22,23). The maximum Gasteiger partial charge on any atom is 0.292 e. The maximum atomic E-state index is 11.5. The van der Waals surface area contributed by atoms with Crippen LogP contribution in [0.3, 0.4) is 0 Å². The minimum absolute atomic E-state index is 0.0449. The number of ether oxygens (including phenoxy) is 1. The lowest BCUT2D eigenvalue weighted by atomic mass is 10.1. The number of nitro groups is 1. The number of anilines is 3. The number of nitro benzene ring substituents is 1. The van der Waals surface area contributed by atoms with E-state index >= 15 is 0 Å². The van der Waals surface area contributed by atoms with E-state index in [9.17, 15) is 10.1 Å². The fraction of sp³-hybridized carbons (Fsp3) is 0.111. The van der Waals surface area contributed by atoms with Gasteiger partial charge >= 0.3 is 0 Å². The molecule has 0 unspecified atom stereocenters. The van der Waals surface area contributed by atoms with E-state index in [0.717, 1.165) is 11.3 Å². The zero-order valence-corrected chi connectivity index (χ0v) is 14.5. The van der Waals surface area contributed by atoms with Crippen molar-refractivity contribution in [3.63, 3.8) is 0 Å². The molecular weight excluding hydrogens is 348 g/mol. The zero-order valence-electron chi connectivity index (χ0n) is 14.5. The van der Waals surface area contributed by atoms with Crippen LogP contribution in [0.2, 0.25) is 0 Å². The van der Waals surface area contributed by atoms with Gasteiger partial charge in [-0.25, -0.2) is 4.98 Å². The van der Waals surface area contributed by atoms with Crippen molar-refractivity contribution in [2.45, 2.75) is 6.54 Å². The molecule has 0 radical (unpaired) electrons. The lowest BCUT2D eigenvalue weighted by Gasteiger charge is -2.10. The van der Waals surface area contributed by atoms with E-state index < -0.39 is 4.92 Å². The van der Waals surface area contributed by atoms with Gasteiger partial charge in [0, 0.05) is 24.4 Å². The molecule has 5 N–H and O–H groups in total. The lowest BCUT2D eigenvalue weighted by Crippen LogP contribution is -2.04. The molecule has 0 aliphatic rings. The van der Waals surface area contributed by atoms with Crippen molar-refractivity contribution in [1.29, 1.82) is 0 Å². The molecular formula is C18H18N6O3. The molecule has 0 spiro atoms. The fourth-order valence-electron chi connectivity index (χ4n) is 2.57. The monoisotopic (exact) mass is 366 g/mol. The number of nitrogens with zero attached hydrogens (tertiary/aromatic N) is 3. The summed E-state index contributed by atoms with van der Waals surface area (Å²) in [7, 11) is 1.59. The number of hydrogen-bond acceptors (Lipinski definition) is 8.